The number of oxime groups is 1. The molecule has 2 aromatic carbocycles. The number of ketones is 1. The Balaban J connectivity index is 1.99. The van der Waals surface area contributed by atoms with Gasteiger partial charge < -0.3 is 10.5 Å². The number of carbonyl (C=O) groups excluding carboxylic acids is 1. The zero-order valence-corrected chi connectivity index (χ0v) is 12.7. The van der Waals surface area contributed by atoms with Crippen molar-refractivity contribution in [1.29, 1.82) is 0 Å². The molecular weight excluding hydrogens is 314 g/mol. The predicted molar refractivity (Wildman–Crippen MR) is 90.3 cm³/mol. The first-order valence-electron chi connectivity index (χ1n) is 6.83. The normalized spacial score (nSPS) is 19.5. The molecule has 0 amide bonds. The van der Waals surface area contributed by atoms with Gasteiger partial charge in [0.1, 0.15) is 0 Å². The van der Waals surface area contributed by atoms with Crippen molar-refractivity contribution < 1.29 is 10.0 Å². The highest BCUT2D eigenvalue weighted by Gasteiger charge is 2.32. The number of carbonyl (C=O) groups is 1. The fourth-order valence-corrected chi connectivity index (χ4v) is 2.31. The van der Waals surface area contributed by atoms with E-state index in [0.29, 0.717) is 10.7 Å². The van der Waals surface area contributed by atoms with Crippen molar-refractivity contribution in [1.82, 2.24) is 5.32 Å². The van der Waals surface area contributed by atoms with Crippen molar-refractivity contribution in [3.63, 3.8) is 0 Å². The molecule has 6 heteroatoms. The summed E-state index contributed by atoms with van der Waals surface area (Å²) in [5.74, 6) is -0.269. The van der Waals surface area contributed by atoms with E-state index in [9.17, 15) is 4.79 Å². The summed E-state index contributed by atoms with van der Waals surface area (Å²) in [6.07, 6.45) is 1.67. The molecule has 0 spiro atoms. The first-order chi connectivity index (χ1) is 11.2. The summed E-state index contributed by atoms with van der Waals surface area (Å²) >= 11 is 6.06. The molecule has 1 heterocycles. The molecule has 0 unspecified atom stereocenters. The van der Waals surface area contributed by atoms with Gasteiger partial charge in [0, 0.05) is 0 Å². The molecule has 1 fully saturated rings. The van der Waals surface area contributed by atoms with Crippen LogP contribution in [0.1, 0.15) is 5.56 Å². The smallest absolute Gasteiger partial charge is 0.234 e. The molecule has 0 bridgehead atoms. The van der Waals surface area contributed by atoms with E-state index in [4.69, 9.17) is 16.8 Å². The number of nitrogens with one attached hydrogen (secondary N) is 1. The van der Waals surface area contributed by atoms with Crippen molar-refractivity contribution in [2.75, 3.05) is 0 Å². The van der Waals surface area contributed by atoms with Gasteiger partial charge in [0.05, 0.1) is 16.4 Å². The van der Waals surface area contributed by atoms with Crippen LogP contribution in [0.4, 0.5) is 5.69 Å². The van der Waals surface area contributed by atoms with Crippen LogP contribution in [0, 0.1) is 0 Å². The van der Waals surface area contributed by atoms with Crippen LogP contribution in [0.3, 0.4) is 0 Å². The Bertz CT molecular complexity index is 842. The van der Waals surface area contributed by atoms with Gasteiger partial charge in [0.25, 0.3) is 0 Å². The number of rotatable bonds is 2. The number of allylic oxidation sites excluding steroid dienone is 1. The first kappa shape index (κ1) is 15.0. The van der Waals surface area contributed by atoms with Gasteiger partial charge in [-0.3, -0.25) is 4.79 Å². The summed E-state index contributed by atoms with van der Waals surface area (Å²) in [7, 11) is 0. The summed E-state index contributed by atoms with van der Waals surface area (Å²) in [5.41, 5.74) is 1.47. The molecule has 1 aliphatic rings. The maximum Gasteiger partial charge on any atom is 0.234 e. The van der Waals surface area contributed by atoms with Crippen LogP contribution in [-0.2, 0) is 4.79 Å². The Morgan fingerprint density at radius 3 is 2.43 bits per heavy atom. The molecule has 23 heavy (non-hydrogen) atoms. The average molecular weight is 326 g/mol. The van der Waals surface area contributed by atoms with Crippen LogP contribution in [0.2, 0.25) is 5.02 Å². The van der Waals surface area contributed by atoms with Gasteiger partial charge >= 0.3 is 0 Å². The van der Waals surface area contributed by atoms with Crippen LogP contribution in [0.5, 0.6) is 0 Å². The van der Waals surface area contributed by atoms with Crippen molar-refractivity contribution in [3.05, 3.63) is 70.9 Å². The second-order valence-corrected chi connectivity index (χ2v) is 5.19. The fourth-order valence-electron chi connectivity index (χ4n) is 2.13. The third kappa shape index (κ3) is 3.14. The zero-order valence-electron chi connectivity index (χ0n) is 11.9. The van der Waals surface area contributed by atoms with Gasteiger partial charge in [-0.2, -0.15) is 0 Å². The van der Waals surface area contributed by atoms with Gasteiger partial charge in [0.2, 0.25) is 5.78 Å². The van der Waals surface area contributed by atoms with E-state index in [1.54, 1.807) is 30.3 Å². The Hall–Kier alpha value is -2.92. The third-order valence-corrected chi connectivity index (χ3v) is 3.55. The van der Waals surface area contributed by atoms with Gasteiger partial charge in [-0.1, -0.05) is 59.2 Å². The Morgan fingerprint density at radius 1 is 1.04 bits per heavy atom. The highest BCUT2D eigenvalue weighted by molar-refractivity contribution is 6.74. The number of hydrogen-bond acceptors (Lipinski definition) is 4. The van der Waals surface area contributed by atoms with Crippen LogP contribution >= 0.6 is 11.6 Å². The Labute approximate surface area is 137 Å². The van der Waals surface area contributed by atoms with E-state index in [2.05, 4.69) is 15.5 Å². The summed E-state index contributed by atoms with van der Waals surface area (Å²) in [6, 6.07) is 16.3. The van der Waals surface area contributed by atoms with E-state index < -0.39 is 5.78 Å². The molecular formula is C17H12ClN3O2. The molecule has 2 aromatic rings. The number of nitrogens with zero attached hydrogens (tertiary/aromatic N) is 2. The molecule has 1 saturated heterocycles. The van der Waals surface area contributed by atoms with E-state index in [-0.39, 0.29) is 17.2 Å². The van der Waals surface area contributed by atoms with E-state index in [1.807, 2.05) is 30.3 Å². The molecule has 3 rings (SSSR count). The molecule has 0 atom stereocenters. The van der Waals surface area contributed by atoms with Crippen LogP contribution in [0.15, 0.2) is 70.4 Å². The molecule has 0 radical (unpaired) electrons. The minimum Gasteiger partial charge on any atom is -0.410 e. The van der Waals surface area contributed by atoms with Crippen molar-refractivity contribution >= 4 is 40.7 Å². The van der Waals surface area contributed by atoms with Crippen LogP contribution in [0.25, 0.3) is 6.08 Å². The molecule has 0 aliphatic carbocycles. The van der Waals surface area contributed by atoms with Crippen molar-refractivity contribution in [3.8, 4) is 0 Å². The van der Waals surface area contributed by atoms with E-state index >= 15 is 0 Å². The SMILES string of the molecule is O=C1/C(=C/c2ccccc2)NC(=Nc2ccccc2Cl)/C1=N\O. The number of para-hydroxylation sites is 1. The fraction of sp³-hybridized carbons (Fsp3) is 0. The summed E-state index contributed by atoms with van der Waals surface area (Å²) in [5, 5.41) is 15.5. The number of hydrogen-bond donors (Lipinski definition) is 2. The first-order valence-corrected chi connectivity index (χ1v) is 7.21. The molecule has 5 nitrogen and oxygen atoms in total. The lowest BCUT2D eigenvalue weighted by molar-refractivity contribution is -0.109. The highest BCUT2D eigenvalue weighted by atomic mass is 35.5. The van der Waals surface area contributed by atoms with E-state index in [0.717, 1.165) is 5.56 Å². The lowest BCUT2D eigenvalue weighted by Crippen LogP contribution is -2.19. The second kappa shape index (κ2) is 6.46. The lowest BCUT2D eigenvalue weighted by atomic mass is 10.1. The molecule has 1 aliphatic heterocycles. The summed E-state index contributed by atoms with van der Waals surface area (Å²) in [4.78, 5) is 16.6. The maximum atomic E-state index is 12.3. The number of Topliss-reactive ketones (excluding diaryl/α,β-unsaturated/α-hetero) is 1. The van der Waals surface area contributed by atoms with Gasteiger partial charge in [-0.25, -0.2) is 4.99 Å². The molecule has 0 saturated carbocycles. The molecule has 0 aromatic heterocycles. The average Bonchev–Trinajstić information content (AvgIpc) is 2.85. The molecule has 114 valence electrons. The Kier molecular flexibility index (Phi) is 4.21. The van der Waals surface area contributed by atoms with Crippen molar-refractivity contribution in [2.45, 2.75) is 0 Å². The monoisotopic (exact) mass is 325 g/mol. The lowest BCUT2D eigenvalue weighted by Gasteiger charge is -2.00. The number of aliphatic imine (C=N–C) groups is 1. The standard InChI is InChI=1S/C17H12ClN3O2/c18-12-8-4-5-9-13(12)19-17-15(21-23)16(22)14(20-17)10-11-6-2-1-3-7-11/h1-10,23H,(H,19,20)/b14-10-,21-15-. The molecule has 2 N–H and O–H groups in total. The van der Waals surface area contributed by atoms with E-state index in [1.165, 1.54) is 0 Å². The number of amidine groups is 1. The highest BCUT2D eigenvalue weighted by Crippen LogP contribution is 2.25. The topological polar surface area (TPSA) is 74.0 Å². The third-order valence-electron chi connectivity index (χ3n) is 3.23. The summed E-state index contributed by atoms with van der Waals surface area (Å²) in [6.45, 7) is 0. The Morgan fingerprint density at radius 2 is 1.74 bits per heavy atom. The minimum atomic E-state index is -0.429. The van der Waals surface area contributed by atoms with Crippen molar-refractivity contribution in [2.24, 2.45) is 10.1 Å². The van der Waals surface area contributed by atoms with Crippen LogP contribution in [-0.4, -0.2) is 22.5 Å². The second-order valence-electron chi connectivity index (χ2n) is 4.78. The zero-order chi connectivity index (χ0) is 16.2. The minimum absolute atomic E-state index is 0.146. The van der Waals surface area contributed by atoms with Gasteiger partial charge in [-0.05, 0) is 23.8 Å². The van der Waals surface area contributed by atoms with Crippen LogP contribution < -0.4 is 5.32 Å². The quantitative estimate of drug-likeness (QED) is 0.505. The van der Waals surface area contributed by atoms with Gasteiger partial charge in [0.15, 0.2) is 11.5 Å². The summed E-state index contributed by atoms with van der Waals surface area (Å²) < 4.78 is 0. The number of halogens is 1. The maximum absolute atomic E-state index is 12.3. The number of benzene rings is 2. The van der Waals surface area contributed by atoms with Gasteiger partial charge in [-0.15, -0.1) is 0 Å². The predicted octanol–water partition coefficient (Wildman–Crippen LogP) is 3.41. The largest absolute Gasteiger partial charge is 0.410 e.